The summed E-state index contributed by atoms with van der Waals surface area (Å²) in [7, 11) is -2.88. The van der Waals surface area contributed by atoms with E-state index in [1.54, 1.807) is 6.92 Å². The summed E-state index contributed by atoms with van der Waals surface area (Å²) in [5, 5.41) is 9.30. The molecule has 1 aliphatic rings. The van der Waals surface area contributed by atoms with Gasteiger partial charge < -0.3 is 9.52 Å². The van der Waals surface area contributed by atoms with Crippen molar-refractivity contribution in [1.82, 2.24) is 4.98 Å². The number of aliphatic hydroxyl groups is 1. The van der Waals surface area contributed by atoms with Gasteiger partial charge in [0, 0.05) is 6.42 Å². The van der Waals surface area contributed by atoms with Crippen LogP contribution in [0.15, 0.2) is 10.6 Å². The standard InChI is InChI=1S/C11H17NO4S/c1-8(13)10-6-12-11(16-10)5-9-3-2-4-17(14,15)7-9/h6,8-9,13H,2-5,7H2,1H3. The maximum absolute atomic E-state index is 11.5. The summed E-state index contributed by atoms with van der Waals surface area (Å²) >= 11 is 0. The molecule has 0 spiro atoms. The Hall–Kier alpha value is -0.880. The van der Waals surface area contributed by atoms with Crippen LogP contribution in [0.2, 0.25) is 0 Å². The zero-order valence-electron chi connectivity index (χ0n) is 9.80. The van der Waals surface area contributed by atoms with Crippen molar-refractivity contribution in [3.63, 3.8) is 0 Å². The first kappa shape index (κ1) is 12.6. The number of oxazole rings is 1. The predicted molar refractivity (Wildman–Crippen MR) is 62.2 cm³/mol. The molecule has 2 atom stereocenters. The van der Waals surface area contributed by atoms with Gasteiger partial charge in [-0.05, 0) is 25.7 Å². The van der Waals surface area contributed by atoms with Gasteiger partial charge in [0.25, 0.3) is 0 Å². The third kappa shape index (κ3) is 3.29. The van der Waals surface area contributed by atoms with E-state index in [0.717, 1.165) is 12.8 Å². The largest absolute Gasteiger partial charge is 0.443 e. The summed E-state index contributed by atoms with van der Waals surface area (Å²) in [5.74, 6) is 1.56. The van der Waals surface area contributed by atoms with Crippen LogP contribution in [0, 0.1) is 5.92 Å². The molecule has 0 aliphatic carbocycles. The van der Waals surface area contributed by atoms with E-state index in [-0.39, 0.29) is 11.7 Å². The van der Waals surface area contributed by atoms with Crippen molar-refractivity contribution in [3.05, 3.63) is 17.8 Å². The fourth-order valence-corrected chi connectivity index (χ4v) is 3.91. The van der Waals surface area contributed by atoms with Gasteiger partial charge in [-0.1, -0.05) is 0 Å². The van der Waals surface area contributed by atoms with Crippen LogP contribution in [0.4, 0.5) is 0 Å². The van der Waals surface area contributed by atoms with E-state index in [2.05, 4.69) is 4.98 Å². The Labute approximate surface area is 101 Å². The highest BCUT2D eigenvalue weighted by Gasteiger charge is 2.26. The van der Waals surface area contributed by atoms with E-state index in [0.29, 0.717) is 23.8 Å². The molecule has 0 saturated carbocycles. The molecule has 1 aromatic rings. The Morgan fingerprint density at radius 3 is 3.00 bits per heavy atom. The number of hydrogen-bond acceptors (Lipinski definition) is 5. The van der Waals surface area contributed by atoms with Gasteiger partial charge in [-0.3, -0.25) is 0 Å². The van der Waals surface area contributed by atoms with E-state index in [4.69, 9.17) is 4.42 Å². The number of hydrogen-bond donors (Lipinski definition) is 1. The smallest absolute Gasteiger partial charge is 0.194 e. The molecule has 1 aromatic heterocycles. The predicted octanol–water partition coefficient (Wildman–Crippen LogP) is 1.10. The molecule has 5 nitrogen and oxygen atoms in total. The SMILES string of the molecule is CC(O)c1cnc(CC2CCCS(=O)(=O)C2)o1. The first-order valence-corrected chi connectivity index (χ1v) is 7.61. The molecule has 1 saturated heterocycles. The topological polar surface area (TPSA) is 80.4 Å². The molecule has 2 unspecified atom stereocenters. The van der Waals surface area contributed by atoms with Crippen molar-refractivity contribution in [2.45, 2.75) is 32.3 Å². The quantitative estimate of drug-likeness (QED) is 0.879. The summed E-state index contributed by atoms with van der Waals surface area (Å²) < 4.78 is 28.3. The Morgan fingerprint density at radius 2 is 2.41 bits per heavy atom. The minimum absolute atomic E-state index is 0.0919. The second kappa shape index (κ2) is 4.78. The fourth-order valence-electron chi connectivity index (χ4n) is 2.14. The van der Waals surface area contributed by atoms with Crippen molar-refractivity contribution in [2.24, 2.45) is 5.92 Å². The lowest BCUT2D eigenvalue weighted by molar-refractivity contribution is 0.166. The molecule has 0 bridgehead atoms. The third-order valence-corrected chi connectivity index (χ3v) is 4.89. The first-order valence-electron chi connectivity index (χ1n) is 5.79. The zero-order chi connectivity index (χ0) is 12.5. The number of aromatic nitrogens is 1. The van der Waals surface area contributed by atoms with Crippen LogP contribution in [0.5, 0.6) is 0 Å². The Morgan fingerprint density at radius 1 is 1.65 bits per heavy atom. The van der Waals surface area contributed by atoms with E-state index < -0.39 is 15.9 Å². The van der Waals surface area contributed by atoms with Crippen molar-refractivity contribution in [3.8, 4) is 0 Å². The number of rotatable bonds is 3. The monoisotopic (exact) mass is 259 g/mol. The minimum Gasteiger partial charge on any atom is -0.443 e. The fraction of sp³-hybridized carbons (Fsp3) is 0.727. The molecule has 96 valence electrons. The summed E-state index contributed by atoms with van der Waals surface area (Å²) in [4.78, 5) is 4.06. The van der Waals surface area contributed by atoms with Crippen LogP contribution in [-0.4, -0.2) is 30.0 Å². The highest BCUT2D eigenvalue weighted by Crippen LogP contribution is 2.23. The van der Waals surface area contributed by atoms with Gasteiger partial charge in [0.05, 0.1) is 17.7 Å². The van der Waals surface area contributed by atoms with Gasteiger partial charge in [-0.25, -0.2) is 13.4 Å². The van der Waals surface area contributed by atoms with E-state index >= 15 is 0 Å². The summed E-state index contributed by atoms with van der Waals surface area (Å²) in [6.07, 6.45) is 2.97. The van der Waals surface area contributed by atoms with Crippen LogP contribution in [0.25, 0.3) is 0 Å². The van der Waals surface area contributed by atoms with Crippen LogP contribution in [-0.2, 0) is 16.3 Å². The third-order valence-electron chi connectivity index (χ3n) is 3.00. The van der Waals surface area contributed by atoms with Gasteiger partial charge in [0.1, 0.15) is 6.10 Å². The van der Waals surface area contributed by atoms with E-state index in [1.165, 1.54) is 6.20 Å². The molecule has 1 fully saturated rings. The number of aliphatic hydroxyl groups excluding tert-OH is 1. The molecule has 2 rings (SSSR count). The van der Waals surface area contributed by atoms with Crippen molar-refractivity contribution < 1.29 is 17.9 Å². The van der Waals surface area contributed by atoms with Gasteiger partial charge >= 0.3 is 0 Å². The number of nitrogens with zero attached hydrogens (tertiary/aromatic N) is 1. The highest BCUT2D eigenvalue weighted by atomic mass is 32.2. The highest BCUT2D eigenvalue weighted by molar-refractivity contribution is 7.91. The van der Waals surface area contributed by atoms with Gasteiger partial charge in [0.2, 0.25) is 0 Å². The van der Waals surface area contributed by atoms with Crippen LogP contribution < -0.4 is 0 Å². The minimum atomic E-state index is -2.88. The lowest BCUT2D eigenvalue weighted by Crippen LogP contribution is -2.26. The molecular formula is C11H17NO4S. The van der Waals surface area contributed by atoms with Crippen LogP contribution in [0.1, 0.15) is 37.5 Å². The van der Waals surface area contributed by atoms with Gasteiger partial charge in [0.15, 0.2) is 21.5 Å². The van der Waals surface area contributed by atoms with Crippen molar-refractivity contribution in [1.29, 1.82) is 0 Å². The second-order valence-electron chi connectivity index (χ2n) is 4.66. The van der Waals surface area contributed by atoms with Gasteiger partial charge in [-0.15, -0.1) is 0 Å². The van der Waals surface area contributed by atoms with E-state index in [1.807, 2.05) is 0 Å². The van der Waals surface area contributed by atoms with E-state index in [9.17, 15) is 13.5 Å². The second-order valence-corrected chi connectivity index (χ2v) is 6.89. The molecule has 17 heavy (non-hydrogen) atoms. The molecule has 2 heterocycles. The Balaban J connectivity index is 2.00. The lowest BCUT2D eigenvalue weighted by atomic mass is 10.0. The summed E-state index contributed by atoms with van der Waals surface area (Å²) in [6, 6.07) is 0. The normalized spacial score (nSPS) is 25.6. The zero-order valence-corrected chi connectivity index (χ0v) is 10.6. The van der Waals surface area contributed by atoms with Crippen molar-refractivity contribution in [2.75, 3.05) is 11.5 Å². The number of sulfone groups is 1. The van der Waals surface area contributed by atoms with Crippen LogP contribution in [0.3, 0.4) is 0 Å². The molecule has 1 N–H and O–H groups in total. The lowest BCUT2D eigenvalue weighted by Gasteiger charge is -2.20. The first-order chi connectivity index (χ1) is 7.96. The Bertz CT molecular complexity index is 477. The van der Waals surface area contributed by atoms with Crippen molar-refractivity contribution >= 4 is 9.84 Å². The molecule has 6 heteroatoms. The average Bonchev–Trinajstić information content (AvgIpc) is 2.64. The maximum atomic E-state index is 11.5. The van der Waals surface area contributed by atoms with Gasteiger partial charge in [-0.2, -0.15) is 0 Å². The van der Waals surface area contributed by atoms with Crippen LogP contribution >= 0.6 is 0 Å². The molecule has 0 aromatic carbocycles. The maximum Gasteiger partial charge on any atom is 0.194 e. The molecule has 0 radical (unpaired) electrons. The molecule has 1 aliphatic heterocycles. The Kier molecular flexibility index (Phi) is 3.53. The summed E-state index contributed by atoms with van der Waals surface area (Å²) in [6.45, 7) is 1.61. The molecule has 0 amide bonds. The average molecular weight is 259 g/mol. The summed E-state index contributed by atoms with van der Waals surface area (Å²) in [5.41, 5.74) is 0. The molecular weight excluding hydrogens is 242 g/mol.